The molecule has 1 aromatic carbocycles. The fourth-order valence-electron chi connectivity index (χ4n) is 3.84. The summed E-state index contributed by atoms with van der Waals surface area (Å²) in [5.74, 6) is 2.72. The molecule has 0 bridgehead atoms. The lowest BCUT2D eigenvalue weighted by molar-refractivity contribution is 0.407. The van der Waals surface area contributed by atoms with E-state index < -0.39 is 0 Å². The van der Waals surface area contributed by atoms with Gasteiger partial charge in [-0.05, 0) is 36.5 Å². The van der Waals surface area contributed by atoms with Crippen molar-refractivity contribution >= 4 is 30.3 Å². The number of benzene rings is 1. The van der Waals surface area contributed by atoms with Crippen molar-refractivity contribution in [3.63, 3.8) is 0 Å². The predicted molar refractivity (Wildman–Crippen MR) is 132 cm³/mol. The highest BCUT2D eigenvalue weighted by molar-refractivity contribution is 7.59. The van der Waals surface area contributed by atoms with E-state index in [0.29, 0.717) is 0 Å². The highest BCUT2D eigenvalue weighted by atomic mass is 32.1. The molecule has 3 aromatic heterocycles. The van der Waals surface area contributed by atoms with Gasteiger partial charge in [0.05, 0.1) is 19.0 Å². The molecular formula is C24H28N6OS. The molecule has 1 aliphatic rings. The highest BCUT2D eigenvalue weighted by Gasteiger charge is 2.23. The monoisotopic (exact) mass is 448 g/mol. The normalized spacial score (nSPS) is 14.1. The fraction of sp³-hybridized carbons (Fsp3) is 0.333. The van der Waals surface area contributed by atoms with Crippen LogP contribution in [0.2, 0.25) is 0 Å². The third kappa shape index (κ3) is 4.70. The summed E-state index contributed by atoms with van der Waals surface area (Å²) in [4.78, 5) is 13.5. The number of ether oxygens (including phenoxy) is 1. The first-order valence-electron chi connectivity index (χ1n) is 10.7. The van der Waals surface area contributed by atoms with Gasteiger partial charge in [0.1, 0.15) is 17.9 Å². The van der Waals surface area contributed by atoms with Gasteiger partial charge in [0, 0.05) is 42.2 Å². The number of nitrogens with zero attached hydrogens (tertiary/aromatic N) is 5. The van der Waals surface area contributed by atoms with Crippen molar-refractivity contribution in [2.75, 3.05) is 19.0 Å². The molecule has 32 heavy (non-hydrogen) atoms. The molecule has 166 valence electrons. The number of hydrogen-bond acceptors (Lipinski definition) is 6. The molecule has 0 radical (unpaired) electrons. The first-order chi connectivity index (χ1) is 15.2. The summed E-state index contributed by atoms with van der Waals surface area (Å²) in [5.41, 5.74) is 3.91. The summed E-state index contributed by atoms with van der Waals surface area (Å²) in [6, 6.07) is 12.2. The van der Waals surface area contributed by atoms with Gasteiger partial charge in [0.15, 0.2) is 5.65 Å². The molecule has 1 saturated carbocycles. The molecule has 7 nitrogen and oxygen atoms in total. The topological polar surface area (TPSA) is 77.8 Å². The number of fused-ring (bicyclic) bond motifs is 1. The van der Waals surface area contributed by atoms with Crippen LogP contribution in [0.3, 0.4) is 0 Å². The van der Waals surface area contributed by atoms with Crippen LogP contribution in [0, 0.1) is 5.92 Å². The van der Waals surface area contributed by atoms with E-state index in [0.717, 1.165) is 52.9 Å². The Kier molecular flexibility index (Phi) is 6.60. The lowest BCUT2D eigenvalue weighted by Crippen LogP contribution is -2.12. The summed E-state index contributed by atoms with van der Waals surface area (Å²) in [5, 5.41) is 8.99. The Bertz CT molecular complexity index is 1210. The summed E-state index contributed by atoms with van der Waals surface area (Å²) >= 11 is 0. The minimum absolute atomic E-state index is 0. The number of anilines is 1. The third-order valence-corrected chi connectivity index (χ3v) is 5.83. The molecule has 1 fully saturated rings. The van der Waals surface area contributed by atoms with Gasteiger partial charge in [-0.3, -0.25) is 0 Å². The molecule has 0 aliphatic heterocycles. The summed E-state index contributed by atoms with van der Waals surface area (Å²) in [7, 11) is 1.70. The molecule has 5 rings (SSSR count). The van der Waals surface area contributed by atoms with Crippen molar-refractivity contribution in [1.82, 2.24) is 24.7 Å². The maximum absolute atomic E-state index is 5.49. The zero-order valence-corrected chi connectivity index (χ0v) is 19.3. The second-order valence-electron chi connectivity index (χ2n) is 8.22. The third-order valence-electron chi connectivity index (χ3n) is 5.83. The summed E-state index contributed by atoms with van der Waals surface area (Å²) in [6.45, 7) is 3.87. The molecule has 0 unspecified atom stereocenters. The molecule has 4 aromatic rings. The quantitative estimate of drug-likeness (QED) is 0.423. The van der Waals surface area contributed by atoms with Crippen LogP contribution in [0.25, 0.3) is 22.3 Å². The minimum atomic E-state index is 0. The van der Waals surface area contributed by atoms with Gasteiger partial charge in [-0.1, -0.05) is 25.1 Å². The molecule has 0 amide bonds. The van der Waals surface area contributed by atoms with E-state index in [1.165, 1.54) is 18.4 Å². The Morgan fingerprint density at radius 1 is 1.12 bits per heavy atom. The fourth-order valence-corrected chi connectivity index (χ4v) is 3.84. The van der Waals surface area contributed by atoms with Crippen LogP contribution in [-0.2, 0) is 6.54 Å². The molecule has 3 heterocycles. The maximum Gasteiger partial charge on any atom is 0.157 e. The second kappa shape index (κ2) is 9.56. The number of methoxy groups -OCH3 is 1. The van der Waals surface area contributed by atoms with Crippen LogP contribution in [0.5, 0.6) is 5.75 Å². The van der Waals surface area contributed by atoms with Crippen LogP contribution < -0.4 is 10.1 Å². The molecule has 1 aliphatic carbocycles. The van der Waals surface area contributed by atoms with E-state index in [9.17, 15) is 0 Å². The molecule has 1 N–H and O–H groups in total. The first kappa shape index (κ1) is 22.1. The van der Waals surface area contributed by atoms with Crippen molar-refractivity contribution in [2.45, 2.75) is 32.2 Å². The first-order valence-corrected chi connectivity index (χ1v) is 10.7. The zero-order chi connectivity index (χ0) is 21.2. The summed E-state index contributed by atoms with van der Waals surface area (Å²) < 4.78 is 7.51. The standard InChI is InChI=1S/C24H26N6O.H2S/c1-16(20-5-3-4-6-22(20)31-2)11-25-23-10-21(27-15-28-23)18-9-19-13-29-30(14-17-7-8-17)24(19)26-12-18;/h3-6,9-10,12-13,15-17H,7-8,11,14H2,1-2H3,(H,25,27,28);1H2/t16-;/m1./s1. The number of hydrogen-bond donors (Lipinski definition) is 1. The molecular weight excluding hydrogens is 420 g/mol. The lowest BCUT2D eigenvalue weighted by atomic mass is 10.00. The Balaban J connectivity index is 0.00000245. The molecule has 1 atom stereocenters. The van der Waals surface area contributed by atoms with Crippen LogP contribution in [0.4, 0.5) is 5.82 Å². The van der Waals surface area contributed by atoms with Gasteiger partial charge in [-0.25, -0.2) is 19.6 Å². The minimum Gasteiger partial charge on any atom is -0.496 e. The van der Waals surface area contributed by atoms with Gasteiger partial charge in [-0.15, -0.1) is 0 Å². The summed E-state index contributed by atoms with van der Waals surface area (Å²) in [6.07, 6.45) is 7.95. The smallest absolute Gasteiger partial charge is 0.157 e. The van der Waals surface area contributed by atoms with Crippen molar-refractivity contribution in [1.29, 1.82) is 0 Å². The number of aromatic nitrogens is 5. The lowest BCUT2D eigenvalue weighted by Gasteiger charge is -2.16. The van der Waals surface area contributed by atoms with E-state index in [-0.39, 0.29) is 19.4 Å². The Hall–Kier alpha value is -3.13. The van der Waals surface area contributed by atoms with E-state index in [2.05, 4.69) is 44.4 Å². The number of pyridine rings is 1. The average Bonchev–Trinajstić information content (AvgIpc) is 3.55. The van der Waals surface area contributed by atoms with Crippen molar-refractivity contribution in [3.05, 3.63) is 60.7 Å². The zero-order valence-electron chi connectivity index (χ0n) is 18.3. The Morgan fingerprint density at radius 3 is 2.78 bits per heavy atom. The number of rotatable bonds is 8. The average molecular weight is 449 g/mol. The highest BCUT2D eigenvalue weighted by Crippen LogP contribution is 2.32. The van der Waals surface area contributed by atoms with Crippen LogP contribution in [-0.4, -0.2) is 38.4 Å². The second-order valence-corrected chi connectivity index (χ2v) is 8.22. The van der Waals surface area contributed by atoms with Gasteiger partial charge >= 0.3 is 0 Å². The van der Waals surface area contributed by atoms with Crippen LogP contribution in [0.1, 0.15) is 31.2 Å². The van der Waals surface area contributed by atoms with Crippen LogP contribution >= 0.6 is 13.5 Å². The van der Waals surface area contributed by atoms with Gasteiger partial charge in [-0.2, -0.15) is 18.6 Å². The van der Waals surface area contributed by atoms with Crippen molar-refractivity contribution < 1.29 is 4.74 Å². The molecule has 0 saturated heterocycles. The molecule has 8 heteroatoms. The number of para-hydroxylation sites is 1. The Morgan fingerprint density at radius 2 is 1.97 bits per heavy atom. The molecule has 0 spiro atoms. The van der Waals surface area contributed by atoms with Crippen molar-refractivity contribution in [2.24, 2.45) is 5.92 Å². The Labute approximate surface area is 194 Å². The number of nitrogens with one attached hydrogen (secondary N) is 1. The van der Waals surface area contributed by atoms with Crippen LogP contribution in [0.15, 0.2) is 55.1 Å². The van der Waals surface area contributed by atoms with E-state index in [4.69, 9.17) is 4.74 Å². The SMILES string of the molecule is COc1ccccc1[C@H](C)CNc1cc(-c2cnc3c(cnn3CC3CC3)c2)ncn1.S. The van der Waals surface area contributed by atoms with Crippen molar-refractivity contribution in [3.8, 4) is 17.0 Å². The maximum atomic E-state index is 5.49. The van der Waals surface area contributed by atoms with E-state index in [1.54, 1.807) is 13.4 Å². The van der Waals surface area contributed by atoms with Gasteiger partial charge in [0.25, 0.3) is 0 Å². The largest absolute Gasteiger partial charge is 0.496 e. The van der Waals surface area contributed by atoms with E-state index in [1.807, 2.05) is 41.3 Å². The predicted octanol–water partition coefficient (Wildman–Crippen LogP) is 4.64. The van der Waals surface area contributed by atoms with Gasteiger partial charge in [0.2, 0.25) is 0 Å². The van der Waals surface area contributed by atoms with E-state index >= 15 is 0 Å². The van der Waals surface area contributed by atoms with Gasteiger partial charge < -0.3 is 10.1 Å².